The molecule has 33 heavy (non-hydrogen) atoms. The van der Waals surface area contributed by atoms with E-state index in [1.54, 1.807) is 30.6 Å². The molecule has 0 saturated carbocycles. The summed E-state index contributed by atoms with van der Waals surface area (Å²) >= 11 is 3.32. The molecule has 184 valence electrons. The highest BCUT2D eigenvalue weighted by Crippen LogP contribution is 2.41. The first-order chi connectivity index (χ1) is 15.5. The Balaban J connectivity index is 1.72. The van der Waals surface area contributed by atoms with Crippen LogP contribution in [0.15, 0.2) is 34.1 Å². The second kappa shape index (κ2) is 10.9. The van der Waals surface area contributed by atoms with Gasteiger partial charge in [-0.15, -0.1) is 23.5 Å². The highest BCUT2D eigenvalue weighted by Gasteiger charge is 2.49. The van der Waals surface area contributed by atoms with Crippen molar-refractivity contribution in [1.82, 2.24) is 4.90 Å². The van der Waals surface area contributed by atoms with Crippen molar-refractivity contribution >= 4 is 29.6 Å². The fraction of sp³-hybridized carbons (Fsp3) is 0.625. The zero-order valence-corrected chi connectivity index (χ0v) is 21.9. The average molecular weight is 498 g/mol. The second-order valence-corrected chi connectivity index (χ2v) is 11.8. The highest BCUT2D eigenvalue weighted by molar-refractivity contribution is 8.10. The van der Waals surface area contributed by atoms with E-state index in [2.05, 4.69) is 0 Å². The molecule has 1 saturated heterocycles. The molecule has 7 nitrogen and oxygen atoms in total. The predicted molar refractivity (Wildman–Crippen MR) is 132 cm³/mol. The number of carbonyl (C=O) groups is 1. The van der Waals surface area contributed by atoms with Crippen LogP contribution in [-0.2, 0) is 20.8 Å². The van der Waals surface area contributed by atoms with Crippen LogP contribution >= 0.6 is 23.5 Å². The van der Waals surface area contributed by atoms with Crippen molar-refractivity contribution in [3.05, 3.63) is 39.6 Å². The van der Waals surface area contributed by atoms with Crippen molar-refractivity contribution in [2.24, 2.45) is 0 Å². The van der Waals surface area contributed by atoms with Gasteiger partial charge in [0.2, 0.25) is 0 Å². The first-order valence-corrected chi connectivity index (χ1v) is 13.0. The van der Waals surface area contributed by atoms with Crippen LogP contribution in [0.5, 0.6) is 5.75 Å². The lowest BCUT2D eigenvalue weighted by Gasteiger charge is -2.37. The van der Waals surface area contributed by atoms with E-state index in [1.165, 1.54) is 4.90 Å². The molecule has 2 heterocycles. The normalized spacial score (nSPS) is 21.8. The molecule has 0 aromatic heterocycles. The second-order valence-electron chi connectivity index (χ2n) is 9.45. The van der Waals surface area contributed by atoms with Gasteiger partial charge in [0.1, 0.15) is 23.2 Å². The van der Waals surface area contributed by atoms with Gasteiger partial charge >= 0.3 is 6.09 Å². The molecule has 1 amide bonds. The molecule has 2 aliphatic rings. The van der Waals surface area contributed by atoms with Crippen LogP contribution in [0.3, 0.4) is 0 Å². The molecule has 2 atom stereocenters. The Hall–Kier alpha value is -1.39. The third kappa shape index (κ3) is 6.82. The van der Waals surface area contributed by atoms with Gasteiger partial charge in [-0.3, -0.25) is 4.90 Å². The number of aliphatic hydroxyl groups is 1. The Labute approximate surface area is 205 Å². The molecule has 1 aromatic carbocycles. The van der Waals surface area contributed by atoms with Crippen LogP contribution < -0.4 is 4.74 Å². The minimum Gasteiger partial charge on any atom is -0.497 e. The minimum absolute atomic E-state index is 0.238. The first-order valence-electron chi connectivity index (χ1n) is 11.1. The number of hydrogen-bond acceptors (Lipinski definition) is 8. The summed E-state index contributed by atoms with van der Waals surface area (Å²) in [6.07, 6.45) is -1.36. The van der Waals surface area contributed by atoms with Gasteiger partial charge in [-0.25, -0.2) is 4.79 Å². The predicted octanol–water partition coefficient (Wildman–Crippen LogP) is 4.64. The number of thioether (sulfide) groups is 2. The van der Waals surface area contributed by atoms with Gasteiger partial charge in [0.15, 0.2) is 0 Å². The molecular formula is C24H35NO6S2. The minimum atomic E-state index is -0.878. The van der Waals surface area contributed by atoms with Crippen LogP contribution in [0, 0.1) is 0 Å². The van der Waals surface area contributed by atoms with E-state index in [4.69, 9.17) is 18.9 Å². The monoisotopic (exact) mass is 497 g/mol. The van der Waals surface area contributed by atoms with Crippen molar-refractivity contribution in [3.63, 3.8) is 0 Å². The summed E-state index contributed by atoms with van der Waals surface area (Å²) in [6.45, 7) is 10.2. The molecule has 0 aliphatic carbocycles. The highest BCUT2D eigenvalue weighted by atomic mass is 32.2. The fourth-order valence-corrected chi connectivity index (χ4v) is 6.18. The zero-order chi connectivity index (χ0) is 24.2. The van der Waals surface area contributed by atoms with E-state index in [9.17, 15) is 9.90 Å². The lowest BCUT2D eigenvalue weighted by atomic mass is 10.1. The van der Waals surface area contributed by atoms with Crippen LogP contribution in [0.1, 0.15) is 40.2 Å². The molecule has 1 fully saturated rings. The number of methoxy groups -OCH3 is 1. The molecule has 0 unspecified atom stereocenters. The number of hydrogen-bond donors (Lipinski definition) is 1. The Morgan fingerprint density at radius 3 is 2.52 bits per heavy atom. The first kappa shape index (κ1) is 26.2. The summed E-state index contributed by atoms with van der Waals surface area (Å²) in [4.78, 5) is 16.4. The molecule has 0 bridgehead atoms. The summed E-state index contributed by atoms with van der Waals surface area (Å²) in [5.41, 5.74) is -0.457. The summed E-state index contributed by atoms with van der Waals surface area (Å²) in [5.74, 6) is 2.65. The molecule has 3 rings (SSSR count). The van der Waals surface area contributed by atoms with Gasteiger partial charge in [0.05, 0.1) is 33.0 Å². The fourth-order valence-electron chi connectivity index (χ4n) is 3.72. The van der Waals surface area contributed by atoms with Crippen molar-refractivity contribution in [3.8, 4) is 5.75 Å². The van der Waals surface area contributed by atoms with Crippen LogP contribution in [0.4, 0.5) is 4.79 Å². The van der Waals surface area contributed by atoms with Gasteiger partial charge < -0.3 is 24.1 Å². The summed E-state index contributed by atoms with van der Waals surface area (Å²) < 4.78 is 22.7. The van der Waals surface area contributed by atoms with Gasteiger partial charge in [0.25, 0.3) is 0 Å². The topological polar surface area (TPSA) is 77.5 Å². The van der Waals surface area contributed by atoms with E-state index < -0.39 is 29.6 Å². The third-order valence-electron chi connectivity index (χ3n) is 5.30. The standard InChI is InChI=1S/C24H35NO6S2/c1-23(2,3)31-22(27)25-18(14-30-24(25,4)5)20(26)21-19(32-11-12-33-21)15-29-13-16-7-9-17(28-6)10-8-16/h7-10,18,20,26H,11-15H2,1-6H3/t18-,20-/m1/s1. The van der Waals surface area contributed by atoms with E-state index >= 15 is 0 Å². The Kier molecular flexibility index (Phi) is 8.66. The molecule has 1 aromatic rings. The maximum atomic E-state index is 13.0. The van der Waals surface area contributed by atoms with Crippen LogP contribution in [0.2, 0.25) is 0 Å². The number of amides is 1. The zero-order valence-electron chi connectivity index (χ0n) is 20.3. The summed E-state index contributed by atoms with van der Waals surface area (Å²) in [5, 5.41) is 11.4. The van der Waals surface area contributed by atoms with Gasteiger partial charge in [-0.1, -0.05) is 12.1 Å². The Morgan fingerprint density at radius 2 is 1.88 bits per heavy atom. The molecule has 0 radical (unpaired) electrons. The average Bonchev–Trinajstić information content (AvgIpc) is 3.08. The van der Waals surface area contributed by atoms with Crippen molar-refractivity contribution in [2.45, 2.75) is 64.7 Å². The molecule has 9 heteroatoms. The smallest absolute Gasteiger partial charge is 0.413 e. The third-order valence-corrected chi connectivity index (χ3v) is 7.98. The van der Waals surface area contributed by atoms with E-state index in [-0.39, 0.29) is 6.61 Å². The number of ether oxygens (including phenoxy) is 4. The largest absolute Gasteiger partial charge is 0.497 e. The SMILES string of the molecule is COc1ccc(COCC2=C([C@H](O)[C@H]3COC(C)(C)N3C(=O)OC(C)(C)C)SCCS2)cc1. The van der Waals surface area contributed by atoms with Crippen molar-refractivity contribution in [2.75, 3.05) is 31.8 Å². The number of rotatable bonds is 7. The lowest BCUT2D eigenvalue weighted by Crippen LogP contribution is -2.53. The molecule has 2 aliphatic heterocycles. The maximum absolute atomic E-state index is 13.0. The van der Waals surface area contributed by atoms with Gasteiger partial charge in [-0.05, 0) is 52.3 Å². The van der Waals surface area contributed by atoms with Crippen molar-refractivity contribution in [1.29, 1.82) is 0 Å². The van der Waals surface area contributed by atoms with Gasteiger partial charge in [-0.2, -0.15) is 0 Å². The van der Waals surface area contributed by atoms with Crippen LogP contribution in [0.25, 0.3) is 0 Å². The van der Waals surface area contributed by atoms with Crippen LogP contribution in [-0.4, -0.2) is 71.4 Å². The van der Waals surface area contributed by atoms with E-state index in [0.717, 1.165) is 32.6 Å². The molecule has 1 N–H and O–H groups in total. The number of aliphatic hydroxyl groups excluding tert-OH is 1. The Bertz CT molecular complexity index is 850. The summed E-state index contributed by atoms with van der Waals surface area (Å²) in [7, 11) is 1.64. The lowest BCUT2D eigenvalue weighted by molar-refractivity contribution is -0.0662. The Morgan fingerprint density at radius 1 is 1.21 bits per heavy atom. The molecule has 0 spiro atoms. The number of nitrogens with zero attached hydrogens (tertiary/aromatic N) is 1. The summed E-state index contributed by atoms with van der Waals surface area (Å²) in [6, 6.07) is 7.23. The maximum Gasteiger partial charge on any atom is 0.413 e. The van der Waals surface area contributed by atoms with Crippen molar-refractivity contribution < 1.29 is 28.8 Å². The quantitative estimate of drug-likeness (QED) is 0.584. The van der Waals surface area contributed by atoms with E-state index in [0.29, 0.717) is 13.2 Å². The van der Waals surface area contributed by atoms with Gasteiger partial charge in [0, 0.05) is 21.3 Å². The van der Waals surface area contributed by atoms with E-state index in [1.807, 2.05) is 58.9 Å². The number of carbonyl (C=O) groups excluding carboxylic acids is 1. The number of benzene rings is 1. The molecular weight excluding hydrogens is 462 g/mol.